The lowest BCUT2D eigenvalue weighted by Crippen LogP contribution is -1.96. The SMILES string of the molecule is Cc1cccc(-c2nc(Cl)oc2C(=O)O)c1. The molecule has 2 rings (SSSR count). The maximum Gasteiger partial charge on any atom is 0.374 e. The van der Waals surface area contributed by atoms with Crippen molar-refractivity contribution in [2.45, 2.75) is 6.92 Å². The average molecular weight is 238 g/mol. The van der Waals surface area contributed by atoms with E-state index in [2.05, 4.69) is 4.98 Å². The Labute approximate surface area is 96.5 Å². The molecule has 0 saturated carbocycles. The van der Waals surface area contributed by atoms with Crippen LogP contribution in [0.25, 0.3) is 11.3 Å². The van der Waals surface area contributed by atoms with E-state index in [1.807, 2.05) is 25.1 Å². The van der Waals surface area contributed by atoms with Gasteiger partial charge >= 0.3 is 5.97 Å². The van der Waals surface area contributed by atoms with E-state index in [9.17, 15) is 4.79 Å². The summed E-state index contributed by atoms with van der Waals surface area (Å²) in [5.41, 5.74) is 1.93. The summed E-state index contributed by atoms with van der Waals surface area (Å²) in [7, 11) is 0. The maximum atomic E-state index is 10.9. The lowest BCUT2D eigenvalue weighted by atomic mass is 10.1. The molecule has 1 N–H and O–H groups in total. The first-order valence-corrected chi connectivity index (χ1v) is 4.92. The molecule has 1 aromatic heterocycles. The first-order valence-electron chi connectivity index (χ1n) is 4.54. The summed E-state index contributed by atoms with van der Waals surface area (Å²) < 4.78 is 4.83. The molecule has 16 heavy (non-hydrogen) atoms. The molecule has 0 aliphatic carbocycles. The van der Waals surface area contributed by atoms with Crippen LogP contribution >= 0.6 is 11.6 Å². The van der Waals surface area contributed by atoms with Crippen LogP contribution in [-0.2, 0) is 0 Å². The number of aryl methyl sites for hydroxylation is 1. The van der Waals surface area contributed by atoms with Crippen LogP contribution in [0.3, 0.4) is 0 Å². The number of halogens is 1. The summed E-state index contributed by atoms with van der Waals surface area (Å²) in [4.78, 5) is 14.8. The van der Waals surface area contributed by atoms with Crippen LogP contribution in [0.15, 0.2) is 28.7 Å². The minimum atomic E-state index is -1.18. The van der Waals surface area contributed by atoms with E-state index in [-0.39, 0.29) is 16.8 Å². The van der Waals surface area contributed by atoms with Crippen molar-refractivity contribution in [3.63, 3.8) is 0 Å². The highest BCUT2D eigenvalue weighted by Gasteiger charge is 2.20. The molecule has 0 unspecified atom stereocenters. The third kappa shape index (κ3) is 1.92. The molecule has 1 aromatic carbocycles. The summed E-state index contributed by atoms with van der Waals surface area (Å²) in [5, 5.41) is 8.74. The molecule has 0 bridgehead atoms. The highest BCUT2D eigenvalue weighted by molar-refractivity contribution is 6.28. The second-order valence-corrected chi connectivity index (χ2v) is 3.64. The van der Waals surface area contributed by atoms with Gasteiger partial charge in [-0.1, -0.05) is 23.8 Å². The quantitative estimate of drug-likeness (QED) is 0.872. The van der Waals surface area contributed by atoms with Gasteiger partial charge in [-0.15, -0.1) is 0 Å². The van der Waals surface area contributed by atoms with Crippen LogP contribution in [0.4, 0.5) is 0 Å². The molecule has 4 nitrogen and oxygen atoms in total. The minimum Gasteiger partial charge on any atom is -0.475 e. The summed E-state index contributed by atoms with van der Waals surface area (Å²) in [6, 6.07) is 7.30. The second kappa shape index (κ2) is 3.98. The molecule has 5 heteroatoms. The summed E-state index contributed by atoms with van der Waals surface area (Å²) in [6.45, 7) is 1.91. The predicted octanol–water partition coefficient (Wildman–Crippen LogP) is 3.00. The largest absolute Gasteiger partial charge is 0.475 e. The molecular formula is C11H8ClNO3. The topological polar surface area (TPSA) is 63.3 Å². The molecule has 2 aromatic rings. The van der Waals surface area contributed by atoms with Gasteiger partial charge in [-0.2, -0.15) is 4.98 Å². The van der Waals surface area contributed by atoms with Gasteiger partial charge < -0.3 is 9.52 Å². The molecule has 0 radical (unpaired) electrons. The van der Waals surface area contributed by atoms with Crippen LogP contribution in [-0.4, -0.2) is 16.1 Å². The van der Waals surface area contributed by atoms with Crippen molar-refractivity contribution in [3.8, 4) is 11.3 Å². The molecule has 0 amide bonds. The van der Waals surface area contributed by atoms with Crippen molar-refractivity contribution < 1.29 is 14.3 Å². The fourth-order valence-electron chi connectivity index (χ4n) is 1.43. The normalized spacial score (nSPS) is 10.4. The van der Waals surface area contributed by atoms with Crippen LogP contribution in [0, 0.1) is 6.92 Å². The third-order valence-corrected chi connectivity index (χ3v) is 2.25. The van der Waals surface area contributed by atoms with Gasteiger partial charge in [0.05, 0.1) is 0 Å². The van der Waals surface area contributed by atoms with E-state index < -0.39 is 5.97 Å². The molecule has 0 atom stereocenters. The standard InChI is InChI=1S/C11H8ClNO3/c1-6-3-2-4-7(5-6)8-9(10(14)15)16-11(12)13-8/h2-5H,1H3,(H,14,15). The summed E-state index contributed by atoms with van der Waals surface area (Å²) in [6.07, 6.45) is 0. The maximum absolute atomic E-state index is 10.9. The number of nitrogens with zero attached hydrogens (tertiary/aromatic N) is 1. The number of aromatic nitrogens is 1. The fraction of sp³-hybridized carbons (Fsp3) is 0.0909. The van der Waals surface area contributed by atoms with Crippen LogP contribution in [0.2, 0.25) is 5.35 Å². The van der Waals surface area contributed by atoms with Gasteiger partial charge in [0.1, 0.15) is 5.69 Å². The smallest absolute Gasteiger partial charge is 0.374 e. The zero-order valence-electron chi connectivity index (χ0n) is 8.40. The van der Waals surface area contributed by atoms with Gasteiger partial charge in [-0.3, -0.25) is 0 Å². The van der Waals surface area contributed by atoms with E-state index in [1.165, 1.54) is 0 Å². The second-order valence-electron chi connectivity index (χ2n) is 3.32. The molecule has 0 aliphatic rings. The van der Waals surface area contributed by atoms with Crippen LogP contribution in [0.5, 0.6) is 0 Å². The van der Waals surface area contributed by atoms with Gasteiger partial charge in [-0.25, -0.2) is 4.79 Å². The number of benzene rings is 1. The molecule has 0 spiro atoms. The van der Waals surface area contributed by atoms with Gasteiger partial charge in [0.25, 0.3) is 5.35 Å². The Bertz CT molecular complexity index is 548. The number of carboxylic acid groups (broad SMARTS) is 1. The molecule has 1 heterocycles. The van der Waals surface area contributed by atoms with E-state index in [1.54, 1.807) is 6.07 Å². The molecule has 0 aliphatic heterocycles. The first kappa shape index (κ1) is 10.7. The van der Waals surface area contributed by atoms with Crippen LogP contribution < -0.4 is 0 Å². The van der Waals surface area contributed by atoms with E-state index in [0.29, 0.717) is 5.56 Å². The zero-order chi connectivity index (χ0) is 11.7. The number of carboxylic acids is 1. The number of aromatic carboxylic acids is 1. The Balaban J connectivity index is 2.59. The van der Waals surface area contributed by atoms with Gasteiger partial charge in [0.2, 0.25) is 5.76 Å². The minimum absolute atomic E-state index is 0.172. The highest BCUT2D eigenvalue weighted by atomic mass is 35.5. The number of hydrogen-bond donors (Lipinski definition) is 1. The monoisotopic (exact) mass is 237 g/mol. The van der Waals surface area contributed by atoms with E-state index in [0.717, 1.165) is 5.56 Å². The average Bonchev–Trinajstić information content (AvgIpc) is 2.60. The number of hydrogen-bond acceptors (Lipinski definition) is 3. The number of carbonyl (C=O) groups is 1. The van der Waals surface area contributed by atoms with Crippen molar-refractivity contribution in [1.82, 2.24) is 4.98 Å². The Morgan fingerprint density at radius 1 is 1.50 bits per heavy atom. The summed E-state index contributed by atoms with van der Waals surface area (Å²) in [5.74, 6) is -1.42. The van der Waals surface area contributed by atoms with Crippen molar-refractivity contribution in [3.05, 3.63) is 40.9 Å². The van der Waals surface area contributed by atoms with Gasteiger partial charge in [0, 0.05) is 5.56 Å². The Morgan fingerprint density at radius 3 is 2.88 bits per heavy atom. The van der Waals surface area contributed by atoms with E-state index in [4.69, 9.17) is 21.1 Å². The predicted molar refractivity (Wildman–Crippen MR) is 58.6 cm³/mol. The Hall–Kier alpha value is -1.81. The first-order chi connectivity index (χ1) is 7.58. The highest BCUT2D eigenvalue weighted by Crippen LogP contribution is 2.26. The van der Waals surface area contributed by atoms with Crippen molar-refractivity contribution >= 4 is 17.6 Å². The lowest BCUT2D eigenvalue weighted by Gasteiger charge is -1.98. The molecule has 82 valence electrons. The number of oxazole rings is 1. The number of rotatable bonds is 2. The van der Waals surface area contributed by atoms with E-state index >= 15 is 0 Å². The summed E-state index contributed by atoms with van der Waals surface area (Å²) >= 11 is 5.56. The molecule has 0 saturated heterocycles. The van der Waals surface area contributed by atoms with Gasteiger partial charge in [-0.05, 0) is 24.6 Å². The molecule has 0 fully saturated rings. The Kier molecular flexibility index (Phi) is 2.66. The Morgan fingerprint density at radius 2 is 2.25 bits per heavy atom. The van der Waals surface area contributed by atoms with Crippen LogP contribution in [0.1, 0.15) is 16.1 Å². The van der Waals surface area contributed by atoms with Gasteiger partial charge in [0.15, 0.2) is 0 Å². The zero-order valence-corrected chi connectivity index (χ0v) is 9.15. The van der Waals surface area contributed by atoms with Crippen molar-refractivity contribution in [2.75, 3.05) is 0 Å². The fourth-order valence-corrected chi connectivity index (χ4v) is 1.59. The van der Waals surface area contributed by atoms with Crippen molar-refractivity contribution in [2.24, 2.45) is 0 Å². The molecular weight excluding hydrogens is 230 g/mol. The third-order valence-electron chi connectivity index (χ3n) is 2.09. The lowest BCUT2D eigenvalue weighted by molar-refractivity contribution is 0.0663. The van der Waals surface area contributed by atoms with Crippen molar-refractivity contribution in [1.29, 1.82) is 0 Å².